The van der Waals surface area contributed by atoms with E-state index in [0.29, 0.717) is 0 Å². The fourth-order valence-electron chi connectivity index (χ4n) is 1.36. The zero-order valence-corrected chi connectivity index (χ0v) is 13.7. The maximum Gasteiger partial charge on any atom is 0.460 e. The summed E-state index contributed by atoms with van der Waals surface area (Å²) in [6, 6.07) is -4.13. The summed E-state index contributed by atoms with van der Waals surface area (Å²) < 4.78 is 253. The van der Waals surface area contributed by atoms with Crippen molar-refractivity contribution in [2.75, 3.05) is 6.61 Å². The van der Waals surface area contributed by atoms with Crippen LogP contribution in [0.25, 0.3) is 0 Å². The summed E-state index contributed by atoms with van der Waals surface area (Å²) in [7, 11) is 0. The molecule has 0 aliphatic rings. The summed E-state index contributed by atoms with van der Waals surface area (Å²) in [4.78, 5) is 0. The van der Waals surface area contributed by atoms with Gasteiger partial charge in [0.15, 0.2) is 6.61 Å². The molecule has 0 rings (SSSR count). The van der Waals surface area contributed by atoms with Crippen molar-refractivity contribution in [2.45, 2.75) is 47.9 Å². The van der Waals surface area contributed by atoms with Gasteiger partial charge in [-0.15, -0.1) is 0 Å². The molecule has 0 aromatic carbocycles. The number of ether oxygens (including phenoxy) is 1. The zero-order chi connectivity index (χ0) is 26.6. The minimum Gasteiger partial charge on any atom is -0.462 e. The molecule has 1 nitrogen and oxygen atoms in total. The van der Waals surface area contributed by atoms with Gasteiger partial charge in [-0.2, -0.15) is 87.8 Å². The summed E-state index contributed by atoms with van der Waals surface area (Å²) >= 11 is 0. The Morgan fingerprint density at radius 2 is 0.812 bits per heavy atom. The second-order valence-corrected chi connectivity index (χ2v) is 5.45. The molecule has 0 fully saturated rings. The fourth-order valence-corrected chi connectivity index (χ4v) is 1.36. The maximum absolute atomic E-state index is 13.1. The first-order valence-electron chi connectivity index (χ1n) is 6.63. The van der Waals surface area contributed by atoms with Crippen LogP contribution in [0.15, 0.2) is 11.8 Å². The van der Waals surface area contributed by atoms with Crippen molar-refractivity contribution in [3.05, 3.63) is 11.8 Å². The average Bonchev–Trinajstić information content (AvgIpc) is 2.56. The predicted molar refractivity (Wildman–Crippen MR) is 57.0 cm³/mol. The minimum absolute atomic E-state index is 2.34. The normalized spacial score (nSPS) is 16.8. The zero-order valence-electron chi connectivity index (χ0n) is 13.7. The molecular weight excluding hydrogens is 528 g/mol. The van der Waals surface area contributed by atoms with Gasteiger partial charge < -0.3 is 4.74 Å². The Morgan fingerprint density at radius 1 is 0.469 bits per heavy atom. The second-order valence-electron chi connectivity index (χ2n) is 5.45. The third-order valence-electron chi connectivity index (χ3n) is 3.18. The third-order valence-corrected chi connectivity index (χ3v) is 3.18. The molecule has 0 unspecified atom stereocenters. The van der Waals surface area contributed by atoms with E-state index < -0.39 is 66.3 Å². The lowest BCUT2D eigenvalue weighted by molar-refractivity contribution is -0.441. The Labute approximate surface area is 160 Å². The van der Waals surface area contributed by atoms with Crippen molar-refractivity contribution in [1.29, 1.82) is 0 Å². The SMILES string of the molecule is FC(OCC(F)(F)C(F)(F)C(F)(F)C(F)(F)C(F)(F)C(F)(F)F)=C(F)C(F)(F)C(F)(F)F. The van der Waals surface area contributed by atoms with Gasteiger partial charge in [-0.1, -0.05) is 0 Å². The van der Waals surface area contributed by atoms with E-state index in [1.165, 1.54) is 0 Å². The fraction of sp³-hybridized carbons (Fsp3) is 0.818. The molecule has 0 spiro atoms. The van der Waals surface area contributed by atoms with Crippen LogP contribution >= 0.6 is 0 Å². The van der Waals surface area contributed by atoms with E-state index in [1.807, 2.05) is 0 Å². The maximum atomic E-state index is 13.1. The van der Waals surface area contributed by atoms with E-state index >= 15 is 0 Å². The van der Waals surface area contributed by atoms with Crippen molar-refractivity contribution in [2.24, 2.45) is 0 Å². The monoisotopic (exact) mass is 530 g/mol. The molecular formula is C11H2F20O. The van der Waals surface area contributed by atoms with E-state index in [9.17, 15) is 87.8 Å². The van der Waals surface area contributed by atoms with Gasteiger partial charge in [0.2, 0.25) is 0 Å². The van der Waals surface area contributed by atoms with E-state index in [4.69, 9.17) is 0 Å². The number of allylic oxidation sites excluding steroid dienone is 1. The van der Waals surface area contributed by atoms with Gasteiger partial charge in [-0.05, 0) is 0 Å². The first-order chi connectivity index (χ1) is 13.5. The van der Waals surface area contributed by atoms with E-state index in [1.54, 1.807) is 0 Å². The van der Waals surface area contributed by atoms with Gasteiger partial charge in [0.05, 0.1) is 0 Å². The highest BCUT2D eigenvalue weighted by atomic mass is 19.4. The van der Waals surface area contributed by atoms with Crippen LogP contribution in [0.1, 0.15) is 0 Å². The molecule has 0 aromatic rings. The highest BCUT2D eigenvalue weighted by Crippen LogP contribution is 2.60. The minimum atomic E-state index is -8.36. The molecule has 0 heterocycles. The van der Waals surface area contributed by atoms with E-state index in [-0.39, 0.29) is 0 Å². The van der Waals surface area contributed by atoms with Crippen LogP contribution in [0.4, 0.5) is 87.8 Å². The van der Waals surface area contributed by atoms with Crippen LogP contribution in [0.5, 0.6) is 0 Å². The lowest BCUT2D eigenvalue weighted by atomic mass is 9.94. The lowest BCUT2D eigenvalue weighted by Gasteiger charge is -2.39. The average molecular weight is 530 g/mol. The lowest BCUT2D eigenvalue weighted by Crippen LogP contribution is -2.70. The Balaban J connectivity index is 6.16. The molecule has 0 saturated heterocycles. The number of rotatable bonds is 8. The molecule has 0 aliphatic heterocycles. The van der Waals surface area contributed by atoms with Crippen LogP contribution in [0.2, 0.25) is 0 Å². The smallest absolute Gasteiger partial charge is 0.460 e. The topological polar surface area (TPSA) is 9.23 Å². The summed E-state index contributed by atoms with van der Waals surface area (Å²) in [5.41, 5.74) is 0. The number of alkyl halides is 18. The second kappa shape index (κ2) is 7.87. The van der Waals surface area contributed by atoms with Gasteiger partial charge in [-0.25, -0.2) is 0 Å². The number of hydrogen-bond donors (Lipinski definition) is 0. The van der Waals surface area contributed by atoms with Crippen LogP contribution in [-0.2, 0) is 4.74 Å². The first-order valence-corrected chi connectivity index (χ1v) is 6.63. The van der Waals surface area contributed by atoms with Crippen molar-refractivity contribution in [1.82, 2.24) is 0 Å². The Bertz CT molecular complexity index is 708. The molecule has 21 heteroatoms. The van der Waals surface area contributed by atoms with Crippen molar-refractivity contribution >= 4 is 0 Å². The largest absolute Gasteiger partial charge is 0.462 e. The molecule has 0 atom stereocenters. The molecule has 0 N–H and O–H groups in total. The predicted octanol–water partition coefficient (Wildman–Crippen LogP) is 7.05. The van der Waals surface area contributed by atoms with Gasteiger partial charge >= 0.3 is 53.9 Å². The molecule has 0 amide bonds. The van der Waals surface area contributed by atoms with Crippen molar-refractivity contribution in [3.8, 4) is 0 Å². The van der Waals surface area contributed by atoms with Gasteiger partial charge in [0.25, 0.3) is 5.83 Å². The molecule has 0 saturated carbocycles. The molecule has 0 aromatic heterocycles. The first kappa shape index (κ1) is 30.1. The van der Waals surface area contributed by atoms with Crippen LogP contribution < -0.4 is 0 Å². The van der Waals surface area contributed by atoms with Crippen LogP contribution in [0, 0.1) is 0 Å². The summed E-state index contributed by atoms with van der Waals surface area (Å²) in [6.07, 6.45) is -14.7. The van der Waals surface area contributed by atoms with Gasteiger partial charge in [0.1, 0.15) is 0 Å². The van der Waals surface area contributed by atoms with Crippen LogP contribution in [0.3, 0.4) is 0 Å². The standard InChI is InChI=1S/C11H2F20O/c12-2(5(16,17)10(26,27)28)3(13)32-1-4(14,15)6(18,19)7(20,21)8(22,23)9(24,25)11(29,30)31/h1H2. The molecule has 0 aliphatic carbocycles. The quantitative estimate of drug-likeness (QED) is 0.242. The van der Waals surface area contributed by atoms with Crippen molar-refractivity contribution < 1.29 is 92.5 Å². The summed E-state index contributed by atoms with van der Waals surface area (Å²) in [6.45, 7) is -4.02. The Hall–Kier alpha value is -1.86. The Kier molecular flexibility index (Phi) is 7.41. The van der Waals surface area contributed by atoms with E-state index in [0.717, 1.165) is 0 Å². The summed E-state index contributed by atoms with van der Waals surface area (Å²) in [5.74, 6) is -51.4. The number of halogens is 20. The molecule has 32 heavy (non-hydrogen) atoms. The van der Waals surface area contributed by atoms with Gasteiger partial charge in [-0.3, -0.25) is 0 Å². The number of hydrogen-bond acceptors (Lipinski definition) is 1. The van der Waals surface area contributed by atoms with E-state index in [2.05, 4.69) is 4.74 Å². The highest BCUT2D eigenvalue weighted by molar-refractivity contribution is 5.12. The molecule has 0 radical (unpaired) electrons. The molecule has 192 valence electrons. The third kappa shape index (κ3) is 4.46. The Morgan fingerprint density at radius 3 is 1.12 bits per heavy atom. The molecule has 0 bridgehead atoms. The van der Waals surface area contributed by atoms with Gasteiger partial charge in [0, 0.05) is 0 Å². The summed E-state index contributed by atoms with van der Waals surface area (Å²) in [5, 5.41) is 0. The van der Waals surface area contributed by atoms with Crippen LogP contribution in [-0.4, -0.2) is 54.5 Å². The highest BCUT2D eigenvalue weighted by Gasteiger charge is 2.90. The van der Waals surface area contributed by atoms with Crippen molar-refractivity contribution in [3.63, 3.8) is 0 Å².